The Kier molecular flexibility index (Phi) is 11.4. The Bertz CT molecular complexity index is 222. The van der Waals surface area contributed by atoms with Crippen LogP contribution in [0.2, 0.25) is 0 Å². The third-order valence-corrected chi connectivity index (χ3v) is 1.02. The summed E-state index contributed by atoms with van der Waals surface area (Å²) >= 11 is 0. The summed E-state index contributed by atoms with van der Waals surface area (Å²) in [7, 11) is 0. The van der Waals surface area contributed by atoms with E-state index in [0.29, 0.717) is 5.56 Å². The van der Waals surface area contributed by atoms with E-state index < -0.39 is 5.97 Å². The number of hydrogen-bond donors (Lipinski definition) is 1. The Morgan fingerprint density at radius 1 is 1.23 bits per heavy atom. The van der Waals surface area contributed by atoms with Crippen molar-refractivity contribution in [1.29, 1.82) is 0 Å². The molecule has 0 radical (unpaired) electrons. The van der Waals surface area contributed by atoms with Crippen LogP contribution in [0.15, 0.2) is 30.3 Å². The number of aromatic carboxylic acids is 1. The Balaban J connectivity index is 0. The van der Waals surface area contributed by atoms with Crippen molar-refractivity contribution in [3.05, 3.63) is 42.3 Å². The molecule has 0 saturated heterocycles. The Hall–Kier alpha value is -0.310. The van der Waals surface area contributed by atoms with E-state index in [0.717, 1.165) is 0 Å². The zero-order chi connectivity index (χ0) is 9.40. The van der Waals surface area contributed by atoms with Crippen LogP contribution < -0.4 is 29.6 Å². The van der Waals surface area contributed by atoms with Gasteiger partial charge in [0, 0.05) is 0 Å². The smallest absolute Gasteiger partial charge is 0.478 e. The first-order valence-corrected chi connectivity index (χ1v) is 3.74. The molecule has 0 unspecified atom stereocenters. The molecule has 66 valence electrons. The molecule has 1 rings (SSSR count). The predicted octanol–water partition coefficient (Wildman–Crippen LogP) is -0.381. The first-order chi connectivity index (χ1) is 5.72. The summed E-state index contributed by atoms with van der Waals surface area (Å²) in [5.41, 5.74) is 0.331. The fourth-order valence-corrected chi connectivity index (χ4v) is 0.581. The van der Waals surface area contributed by atoms with E-state index in [1.54, 1.807) is 30.3 Å². The molecule has 0 amide bonds. The van der Waals surface area contributed by atoms with Gasteiger partial charge in [-0.05, 0) is 12.1 Å². The molecule has 1 N–H and O–H groups in total. The summed E-state index contributed by atoms with van der Waals surface area (Å²) in [6.07, 6.45) is 2.00. The van der Waals surface area contributed by atoms with Crippen LogP contribution in [0, 0.1) is 6.42 Å². The summed E-state index contributed by atoms with van der Waals surface area (Å²) in [6, 6.07) is 8.30. The summed E-state index contributed by atoms with van der Waals surface area (Å²) in [6.45, 7) is 4.00. The summed E-state index contributed by atoms with van der Waals surface area (Å²) in [4.78, 5) is 10.2. The van der Waals surface area contributed by atoms with E-state index in [2.05, 4.69) is 0 Å². The minimum atomic E-state index is -0.879. The Morgan fingerprint density at radius 3 is 1.85 bits per heavy atom. The van der Waals surface area contributed by atoms with Gasteiger partial charge in [0.15, 0.2) is 0 Å². The SMILES string of the molecule is C[CH-]C.O=C(O)c1ccccc1.[Na+]. The Morgan fingerprint density at radius 2 is 1.62 bits per heavy atom. The van der Waals surface area contributed by atoms with E-state index in [9.17, 15) is 4.79 Å². The van der Waals surface area contributed by atoms with E-state index in [4.69, 9.17) is 5.11 Å². The topological polar surface area (TPSA) is 37.3 Å². The van der Waals surface area contributed by atoms with Gasteiger partial charge in [-0.3, -0.25) is 0 Å². The van der Waals surface area contributed by atoms with Gasteiger partial charge in [0.1, 0.15) is 0 Å². The molecule has 0 saturated carbocycles. The third kappa shape index (κ3) is 8.03. The van der Waals surface area contributed by atoms with Crippen LogP contribution in [0.4, 0.5) is 0 Å². The molecule has 0 bridgehead atoms. The zero-order valence-electron chi connectivity index (χ0n) is 8.32. The average molecular weight is 188 g/mol. The molecule has 0 aromatic heterocycles. The largest absolute Gasteiger partial charge is 1.00 e. The van der Waals surface area contributed by atoms with Crippen molar-refractivity contribution in [1.82, 2.24) is 0 Å². The van der Waals surface area contributed by atoms with Crippen LogP contribution in [0.5, 0.6) is 0 Å². The van der Waals surface area contributed by atoms with Crippen molar-refractivity contribution < 1.29 is 39.5 Å². The van der Waals surface area contributed by atoms with E-state index >= 15 is 0 Å². The van der Waals surface area contributed by atoms with Crippen molar-refractivity contribution in [3.63, 3.8) is 0 Å². The van der Waals surface area contributed by atoms with Gasteiger partial charge >= 0.3 is 35.5 Å². The molecule has 1 aromatic rings. The maximum atomic E-state index is 10.2. The summed E-state index contributed by atoms with van der Waals surface area (Å²) in [5, 5.41) is 8.38. The number of carboxylic acid groups (broad SMARTS) is 1. The van der Waals surface area contributed by atoms with Crippen LogP contribution in [-0.4, -0.2) is 11.1 Å². The maximum Gasteiger partial charge on any atom is 1.00 e. The molecule has 2 nitrogen and oxygen atoms in total. The average Bonchev–Trinajstić information content (AvgIpc) is 2.07. The zero-order valence-corrected chi connectivity index (χ0v) is 10.3. The van der Waals surface area contributed by atoms with Gasteiger partial charge in [-0.1, -0.05) is 18.2 Å². The second-order valence-corrected chi connectivity index (χ2v) is 2.25. The third-order valence-electron chi connectivity index (χ3n) is 1.02. The van der Waals surface area contributed by atoms with E-state index in [1.807, 2.05) is 20.3 Å². The molecule has 0 spiro atoms. The van der Waals surface area contributed by atoms with Gasteiger partial charge in [0.2, 0.25) is 0 Å². The summed E-state index contributed by atoms with van der Waals surface area (Å²) < 4.78 is 0. The maximum absolute atomic E-state index is 10.2. The first-order valence-electron chi connectivity index (χ1n) is 3.74. The molecule has 0 atom stereocenters. The van der Waals surface area contributed by atoms with Gasteiger partial charge in [-0.2, -0.15) is 13.8 Å². The van der Waals surface area contributed by atoms with Gasteiger partial charge in [0.25, 0.3) is 0 Å². The number of benzene rings is 1. The van der Waals surface area contributed by atoms with E-state index in [1.165, 1.54) is 0 Å². The van der Waals surface area contributed by atoms with Gasteiger partial charge in [0.05, 0.1) is 5.56 Å². The second kappa shape index (κ2) is 9.78. The monoisotopic (exact) mass is 188 g/mol. The Labute approximate surface area is 101 Å². The minimum absolute atomic E-state index is 0. The minimum Gasteiger partial charge on any atom is -0.478 e. The first kappa shape index (κ1) is 15.2. The summed E-state index contributed by atoms with van der Waals surface area (Å²) in [5.74, 6) is -0.879. The standard InChI is InChI=1S/C7H6O2.C3H7.Na/c8-7(9)6-4-2-1-3-5-6;1-3-2;/h1-5H,(H,8,9);3H,1-2H3;/q;-1;+1. The fraction of sp³-hybridized carbons (Fsp3) is 0.200. The van der Waals surface area contributed by atoms with Crippen LogP contribution in [0.3, 0.4) is 0 Å². The van der Waals surface area contributed by atoms with E-state index in [-0.39, 0.29) is 29.6 Å². The number of carbonyl (C=O) groups is 1. The quantitative estimate of drug-likeness (QED) is 0.482. The normalized spacial score (nSPS) is 7.54. The molecule has 13 heavy (non-hydrogen) atoms. The van der Waals surface area contributed by atoms with Crippen LogP contribution in [0.25, 0.3) is 0 Å². The molecule has 3 heteroatoms. The van der Waals surface area contributed by atoms with Crippen molar-refractivity contribution in [2.75, 3.05) is 0 Å². The van der Waals surface area contributed by atoms with Gasteiger partial charge < -0.3 is 11.5 Å². The molecule has 0 fully saturated rings. The van der Waals surface area contributed by atoms with Gasteiger partial charge in [-0.15, -0.1) is 0 Å². The van der Waals surface area contributed by atoms with Crippen LogP contribution in [-0.2, 0) is 0 Å². The molecular weight excluding hydrogens is 175 g/mol. The number of carboxylic acids is 1. The molecule has 0 aliphatic rings. The van der Waals surface area contributed by atoms with Crippen LogP contribution in [0.1, 0.15) is 24.2 Å². The van der Waals surface area contributed by atoms with Crippen molar-refractivity contribution in [2.24, 2.45) is 0 Å². The second-order valence-electron chi connectivity index (χ2n) is 2.25. The molecular formula is C10H13NaO2. The number of hydrogen-bond acceptors (Lipinski definition) is 1. The van der Waals surface area contributed by atoms with Crippen LogP contribution >= 0.6 is 0 Å². The van der Waals surface area contributed by atoms with Crippen molar-refractivity contribution in [3.8, 4) is 0 Å². The fourth-order valence-electron chi connectivity index (χ4n) is 0.581. The van der Waals surface area contributed by atoms with Crippen molar-refractivity contribution >= 4 is 5.97 Å². The van der Waals surface area contributed by atoms with Gasteiger partial charge in [-0.25, -0.2) is 4.79 Å². The predicted molar refractivity (Wildman–Crippen MR) is 49.0 cm³/mol. The van der Waals surface area contributed by atoms with Crippen molar-refractivity contribution in [2.45, 2.75) is 13.8 Å². The molecule has 0 aliphatic carbocycles. The number of rotatable bonds is 1. The molecule has 0 heterocycles. The molecule has 0 aliphatic heterocycles. The molecule has 1 aromatic carbocycles.